The molecule has 1 aliphatic heterocycles. The second-order valence-electron chi connectivity index (χ2n) is 7.17. The van der Waals surface area contributed by atoms with Gasteiger partial charge in [0.05, 0.1) is 19.2 Å². The van der Waals surface area contributed by atoms with Crippen molar-refractivity contribution in [3.8, 4) is 11.5 Å². The molecule has 0 radical (unpaired) electrons. The van der Waals surface area contributed by atoms with Gasteiger partial charge in [0.2, 0.25) is 0 Å². The van der Waals surface area contributed by atoms with Crippen LogP contribution in [0.4, 0.5) is 0 Å². The summed E-state index contributed by atoms with van der Waals surface area (Å²) in [7, 11) is 3.14. The van der Waals surface area contributed by atoms with Crippen molar-refractivity contribution in [1.29, 1.82) is 0 Å². The van der Waals surface area contributed by atoms with Crippen LogP contribution in [0.25, 0.3) is 0 Å². The Morgan fingerprint density at radius 2 is 1.85 bits per heavy atom. The van der Waals surface area contributed by atoms with Crippen LogP contribution in [0.15, 0.2) is 22.9 Å². The first-order valence-corrected chi connectivity index (χ1v) is 9.87. The average Bonchev–Trinajstić information content (AvgIpc) is 3.20. The molecular formula is C20H24Cl2O5. The molecule has 1 fully saturated rings. The Kier molecular flexibility index (Phi) is 6.11. The van der Waals surface area contributed by atoms with E-state index in [1.165, 1.54) is 0 Å². The second kappa shape index (κ2) is 8.19. The summed E-state index contributed by atoms with van der Waals surface area (Å²) in [6, 6.07) is 3.57. The number of aryl methyl sites for hydroxylation is 1. The number of hydrogen-bond acceptors (Lipinski definition) is 5. The maximum absolute atomic E-state index is 12.2. The monoisotopic (exact) mass is 414 g/mol. The summed E-state index contributed by atoms with van der Waals surface area (Å²) in [4.78, 5) is 12.2. The standard InChI is InChI=1S/C20H24Cl2O5/c1-25-16-10-17(26-2)14(21)9-12(16)7-8-20(13-5-3-4-6-13)11-15(23)18(22)19(24)27-20/h9-10,13,23H,3-8,11H2,1-2H3. The van der Waals surface area contributed by atoms with Crippen LogP contribution in [0.3, 0.4) is 0 Å². The molecule has 1 saturated carbocycles. The Labute approximate surface area is 169 Å². The highest BCUT2D eigenvalue weighted by molar-refractivity contribution is 6.41. The Hall–Kier alpha value is -1.59. The highest BCUT2D eigenvalue weighted by Gasteiger charge is 2.48. The van der Waals surface area contributed by atoms with E-state index >= 15 is 0 Å². The molecule has 1 aromatic carbocycles. The third-order valence-corrected chi connectivity index (χ3v) is 6.33. The third-order valence-electron chi connectivity index (χ3n) is 5.67. The minimum atomic E-state index is -0.756. The zero-order valence-corrected chi connectivity index (χ0v) is 17.0. The lowest BCUT2D eigenvalue weighted by molar-refractivity contribution is -0.166. The van der Waals surface area contributed by atoms with E-state index in [1.807, 2.05) is 6.07 Å². The van der Waals surface area contributed by atoms with Gasteiger partial charge in [-0.15, -0.1) is 0 Å². The molecule has 1 N–H and O–H groups in total. The quantitative estimate of drug-likeness (QED) is 0.649. The van der Waals surface area contributed by atoms with Crippen molar-refractivity contribution in [3.05, 3.63) is 33.5 Å². The van der Waals surface area contributed by atoms with E-state index in [0.717, 1.165) is 31.2 Å². The van der Waals surface area contributed by atoms with Crippen LogP contribution in [0.1, 0.15) is 44.1 Å². The van der Waals surface area contributed by atoms with Crippen molar-refractivity contribution >= 4 is 29.2 Å². The van der Waals surface area contributed by atoms with Gasteiger partial charge in [0.25, 0.3) is 0 Å². The first kappa shape index (κ1) is 20.2. The summed E-state index contributed by atoms with van der Waals surface area (Å²) in [6.45, 7) is 0. The Morgan fingerprint density at radius 1 is 1.19 bits per heavy atom. The van der Waals surface area contributed by atoms with E-state index < -0.39 is 11.6 Å². The summed E-state index contributed by atoms with van der Waals surface area (Å²) in [5.74, 6) is 0.677. The highest BCUT2D eigenvalue weighted by Crippen LogP contribution is 2.46. The molecule has 148 valence electrons. The fraction of sp³-hybridized carbons (Fsp3) is 0.550. The number of methoxy groups -OCH3 is 2. The van der Waals surface area contributed by atoms with E-state index in [1.54, 1.807) is 20.3 Å². The molecule has 5 nitrogen and oxygen atoms in total. The number of carbonyl (C=O) groups is 1. The largest absolute Gasteiger partial charge is 0.510 e. The van der Waals surface area contributed by atoms with Crippen LogP contribution in [0, 0.1) is 5.92 Å². The number of cyclic esters (lactones) is 1. The molecule has 1 aromatic rings. The van der Waals surface area contributed by atoms with E-state index in [4.69, 9.17) is 37.4 Å². The van der Waals surface area contributed by atoms with Crippen LogP contribution < -0.4 is 9.47 Å². The number of aliphatic hydroxyl groups excluding tert-OH is 1. The summed E-state index contributed by atoms with van der Waals surface area (Å²) in [5, 5.41) is 10.5. The maximum atomic E-state index is 12.2. The van der Waals surface area contributed by atoms with Crippen molar-refractivity contribution in [1.82, 2.24) is 0 Å². The summed E-state index contributed by atoms with van der Waals surface area (Å²) >= 11 is 12.2. The second-order valence-corrected chi connectivity index (χ2v) is 7.96. The zero-order chi connectivity index (χ0) is 19.6. The number of aliphatic hydroxyl groups is 1. The van der Waals surface area contributed by atoms with Gasteiger partial charge in [-0.2, -0.15) is 0 Å². The Bertz CT molecular complexity index is 755. The summed E-state index contributed by atoms with van der Waals surface area (Å²) < 4.78 is 16.5. The number of esters is 1. The fourth-order valence-corrected chi connectivity index (χ4v) is 4.60. The van der Waals surface area contributed by atoms with Gasteiger partial charge in [-0.1, -0.05) is 36.0 Å². The molecule has 0 bridgehead atoms. The molecule has 0 spiro atoms. The fourth-order valence-electron chi connectivity index (χ4n) is 4.23. The Morgan fingerprint density at radius 3 is 2.44 bits per heavy atom. The van der Waals surface area contributed by atoms with Gasteiger partial charge in [-0.05, 0) is 43.2 Å². The van der Waals surface area contributed by atoms with E-state index in [9.17, 15) is 9.90 Å². The van der Waals surface area contributed by atoms with E-state index in [-0.39, 0.29) is 23.1 Å². The third kappa shape index (κ3) is 3.99. The number of hydrogen-bond donors (Lipinski definition) is 1. The molecule has 0 amide bonds. The van der Waals surface area contributed by atoms with E-state index in [2.05, 4.69) is 0 Å². The molecule has 3 rings (SSSR count). The first-order valence-electron chi connectivity index (χ1n) is 9.11. The molecule has 1 unspecified atom stereocenters. The van der Waals surface area contributed by atoms with Gasteiger partial charge in [-0.3, -0.25) is 0 Å². The first-order chi connectivity index (χ1) is 12.9. The number of halogens is 2. The topological polar surface area (TPSA) is 65.0 Å². The lowest BCUT2D eigenvalue weighted by Gasteiger charge is -2.41. The minimum Gasteiger partial charge on any atom is -0.510 e. The summed E-state index contributed by atoms with van der Waals surface area (Å²) in [6.07, 6.45) is 5.52. The van der Waals surface area contributed by atoms with Crippen LogP contribution in [0.2, 0.25) is 5.02 Å². The van der Waals surface area contributed by atoms with Crippen molar-refractivity contribution in [3.63, 3.8) is 0 Å². The van der Waals surface area contributed by atoms with Gasteiger partial charge < -0.3 is 19.3 Å². The molecule has 7 heteroatoms. The predicted octanol–water partition coefficient (Wildman–Crippen LogP) is 5.17. The molecule has 0 aromatic heterocycles. The average molecular weight is 415 g/mol. The van der Waals surface area contributed by atoms with Crippen molar-refractivity contribution < 1.29 is 24.1 Å². The number of carbonyl (C=O) groups excluding carboxylic acids is 1. The molecular weight excluding hydrogens is 391 g/mol. The van der Waals surface area contributed by atoms with Gasteiger partial charge in [0.15, 0.2) is 5.03 Å². The minimum absolute atomic E-state index is 0.0838. The number of rotatable bonds is 6. The van der Waals surface area contributed by atoms with Crippen molar-refractivity contribution in [2.75, 3.05) is 14.2 Å². The normalized spacial score (nSPS) is 23.5. The van der Waals surface area contributed by atoms with Crippen LogP contribution in [-0.2, 0) is 16.0 Å². The molecule has 0 saturated heterocycles. The van der Waals surface area contributed by atoms with Gasteiger partial charge >= 0.3 is 5.97 Å². The predicted molar refractivity (Wildman–Crippen MR) is 104 cm³/mol. The van der Waals surface area contributed by atoms with Crippen molar-refractivity contribution in [2.24, 2.45) is 5.92 Å². The summed E-state index contributed by atoms with van der Waals surface area (Å²) in [5.41, 5.74) is 0.143. The van der Waals surface area contributed by atoms with Crippen LogP contribution in [-0.4, -0.2) is 30.9 Å². The molecule has 27 heavy (non-hydrogen) atoms. The number of ether oxygens (including phenoxy) is 3. The highest BCUT2D eigenvalue weighted by atomic mass is 35.5. The van der Waals surface area contributed by atoms with Crippen molar-refractivity contribution in [2.45, 2.75) is 50.5 Å². The van der Waals surface area contributed by atoms with Crippen LogP contribution in [0.5, 0.6) is 11.5 Å². The molecule has 1 atom stereocenters. The van der Waals surface area contributed by atoms with Gasteiger partial charge in [-0.25, -0.2) is 4.79 Å². The lowest BCUT2D eigenvalue weighted by atomic mass is 9.77. The Balaban J connectivity index is 1.88. The SMILES string of the molecule is COc1cc(OC)c(CCC2(C3CCCC3)CC(O)=C(Cl)C(=O)O2)cc1Cl. The molecule has 1 aliphatic carbocycles. The van der Waals surface area contributed by atoms with E-state index in [0.29, 0.717) is 29.4 Å². The zero-order valence-electron chi connectivity index (χ0n) is 15.5. The smallest absolute Gasteiger partial charge is 0.353 e. The molecule has 1 heterocycles. The van der Waals surface area contributed by atoms with Gasteiger partial charge in [0.1, 0.15) is 22.9 Å². The molecule has 2 aliphatic rings. The number of benzene rings is 1. The van der Waals surface area contributed by atoms with Crippen LogP contribution >= 0.6 is 23.2 Å². The maximum Gasteiger partial charge on any atom is 0.353 e. The lowest BCUT2D eigenvalue weighted by Crippen LogP contribution is -2.45. The van der Waals surface area contributed by atoms with Gasteiger partial charge in [0, 0.05) is 12.5 Å².